The molecule has 7 nitrogen and oxygen atoms in total. The van der Waals surface area contributed by atoms with Crippen LogP contribution in [0.4, 0.5) is 0 Å². The van der Waals surface area contributed by atoms with Crippen molar-refractivity contribution in [2.45, 2.75) is 37.4 Å². The van der Waals surface area contributed by atoms with Crippen LogP contribution in [-0.4, -0.2) is 62.2 Å². The van der Waals surface area contributed by atoms with Gasteiger partial charge in [-0.1, -0.05) is 0 Å². The summed E-state index contributed by atoms with van der Waals surface area (Å²) in [5.74, 6) is -4.88. The molecule has 1 aliphatic rings. The first-order valence-electron chi connectivity index (χ1n) is 4.65. The normalized spacial score (nSPS) is 43.4. The van der Waals surface area contributed by atoms with E-state index >= 15 is 0 Å². The molecule has 0 radical (unpaired) electrons. The Hall–Kier alpha value is -0.860. The van der Waals surface area contributed by atoms with Crippen LogP contribution in [-0.2, 0) is 14.3 Å². The SMILES string of the molecule is CC(=O)C1(O)O[C@H](CO)[C@@H](O)[C@@]1(O)C(C)=O. The topological polar surface area (TPSA) is 124 Å². The number of ketones is 2. The lowest BCUT2D eigenvalue weighted by Gasteiger charge is -2.33. The molecule has 16 heavy (non-hydrogen) atoms. The molecule has 0 aromatic carbocycles. The lowest BCUT2D eigenvalue weighted by atomic mass is 9.82. The van der Waals surface area contributed by atoms with Gasteiger partial charge in [0.05, 0.1) is 6.61 Å². The van der Waals surface area contributed by atoms with Crippen LogP contribution < -0.4 is 0 Å². The Bertz CT molecular complexity index is 328. The standard InChI is InChI=1S/C9H14O7/c1-4(11)8(14)7(13)6(3-10)16-9(8,15)5(2)12/h6-7,10,13-15H,3H2,1-2H3/t6-,7-,8+,9?/m1/s1. The molecule has 92 valence electrons. The van der Waals surface area contributed by atoms with Gasteiger partial charge < -0.3 is 25.2 Å². The van der Waals surface area contributed by atoms with Crippen LogP contribution in [0.25, 0.3) is 0 Å². The minimum Gasteiger partial charge on any atom is -0.394 e. The summed E-state index contributed by atoms with van der Waals surface area (Å²) >= 11 is 0. The molecule has 0 aromatic rings. The Morgan fingerprint density at radius 2 is 1.75 bits per heavy atom. The Labute approximate surface area is 91.3 Å². The molecule has 0 saturated carbocycles. The third-order valence-corrected chi connectivity index (χ3v) is 2.81. The number of hydrogen-bond donors (Lipinski definition) is 4. The third-order valence-electron chi connectivity index (χ3n) is 2.81. The zero-order valence-corrected chi connectivity index (χ0v) is 8.88. The summed E-state index contributed by atoms with van der Waals surface area (Å²) in [7, 11) is 0. The van der Waals surface area contributed by atoms with Crippen LogP contribution in [0, 0.1) is 0 Å². The maximum absolute atomic E-state index is 11.3. The Morgan fingerprint density at radius 1 is 1.25 bits per heavy atom. The van der Waals surface area contributed by atoms with Gasteiger partial charge in [0.25, 0.3) is 5.79 Å². The fourth-order valence-corrected chi connectivity index (χ4v) is 1.78. The number of carbonyl (C=O) groups is 2. The van der Waals surface area contributed by atoms with Gasteiger partial charge in [0.1, 0.15) is 12.2 Å². The van der Waals surface area contributed by atoms with Crippen molar-refractivity contribution >= 4 is 11.6 Å². The van der Waals surface area contributed by atoms with Crippen molar-refractivity contribution < 1.29 is 34.8 Å². The molecule has 0 amide bonds. The van der Waals surface area contributed by atoms with Crippen LogP contribution in [0.15, 0.2) is 0 Å². The second-order valence-electron chi connectivity index (χ2n) is 3.81. The number of aliphatic hydroxyl groups is 4. The Balaban J connectivity index is 3.29. The number of aliphatic hydroxyl groups excluding tert-OH is 2. The van der Waals surface area contributed by atoms with Gasteiger partial charge in [-0.25, -0.2) is 0 Å². The van der Waals surface area contributed by atoms with Crippen LogP contribution in [0.1, 0.15) is 13.8 Å². The highest BCUT2D eigenvalue weighted by atomic mass is 16.7. The van der Waals surface area contributed by atoms with Crippen LogP contribution in [0.3, 0.4) is 0 Å². The van der Waals surface area contributed by atoms with Gasteiger partial charge in [0, 0.05) is 6.92 Å². The van der Waals surface area contributed by atoms with Gasteiger partial charge in [0.2, 0.25) is 5.60 Å². The predicted molar refractivity (Wildman–Crippen MR) is 49.2 cm³/mol. The average molecular weight is 234 g/mol. The van der Waals surface area contributed by atoms with Crippen molar-refractivity contribution in [3.63, 3.8) is 0 Å². The Kier molecular flexibility index (Phi) is 3.19. The third kappa shape index (κ3) is 1.40. The van der Waals surface area contributed by atoms with Gasteiger partial charge >= 0.3 is 0 Å². The maximum Gasteiger partial charge on any atom is 0.266 e. The first kappa shape index (κ1) is 13.2. The van der Waals surface area contributed by atoms with Crippen LogP contribution >= 0.6 is 0 Å². The molecule has 0 aliphatic carbocycles. The highest BCUT2D eigenvalue weighted by Crippen LogP contribution is 2.39. The van der Waals surface area contributed by atoms with Gasteiger partial charge in [-0.15, -0.1) is 0 Å². The fraction of sp³-hybridized carbons (Fsp3) is 0.778. The lowest BCUT2D eigenvalue weighted by molar-refractivity contribution is -0.246. The minimum atomic E-state index is -2.83. The fourth-order valence-electron chi connectivity index (χ4n) is 1.78. The summed E-state index contributed by atoms with van der Waals surface area (Å²) in [6.45, 7) is 1.06. The number of ether oxygens (including phenoxy) is 1. The van der Waals surface area contributed by atoms with Crippen molar-refractivity contribution in [2.75, 3.05) is 6.61 Å². The number of rotatable bonds is 3. The zero-order chi connectivity index (χ0) is 12.7. The monoisotopic (exact) mass is 234 g/mol. The van der Waals surface area contributed by atoms with Crippen molar-refractivity contribution in [2.24, 2.45) is 0 Å². The molecule has 0 aromatic heterocycles. The first-order chi connectivity index (χ1) is 7.21. The van der Waals surface area contributed by atoms with Gasteiger partial charge in [-0.05, 0) is 6.92 Å². The molecule has 4 N–H and O–H groups in total. The molecule has 1 rings (SSSR count). The molecular formula is C9H14O7. The molecule has 1 unspecified atom stereocenters. The van der Waals surface area contributed by atoms with E-state index in [1.807, 2.05) is 0 Å². The summed E-state index contributed by atoms with van der Waals surface area (Å²) in [5.41, 5.74) is -2.76. The molecule has 0 bridgehead atoms. The Morgan fingerprint density at radius 3 is 2.00 bits per heavy atom. The number of Topliss-reactive ketones (excluding diaryl/α,β-unsaturated/α-hetero) is 2. The summed E-state index contributed by atoms with van der Waals surface area (Å²) in [6.07, 6.45) is -3.27. The zero-order valence-electron chi connectivity index (χ0n) is 8.88. The van der Waals surface area contributed by atoms with E-state index in [0.29, 0.717) is 0 Å². The van der Waals surface area contributed by atoms with Crippen LogP contribution in [0.2, 0.25) is 0 Å². The molecule has 7 heteroatoms. The molecule has 1 saturated heterocycles. The lowest BCUT2D eigenvalue weighted by Crippen LogP contribution is -2.64. The summed E-state index contributed by atoms with van der Waals surface area (Å²) in [5, 5.41) is 38.2. The van der Waals surface area contributed by atoms with Gasteiger partial charge in [0.15, 0.2) is 11.6 Å². The van der Waals surface area contributed by atoms with E-state index in [-0.39, 0.29) is 0 Å². The minimum absolute atomic E-state index is 0.744. The van der Waals surface area contributed by atoms with E-state index in [2.05, 4.69) is 4.74 Å². The molecule has 1 aliphatic heterocycles. The second-order valence-corrected chi connectivity index (χ2v) is 3.81. The van der Waals surface area contributed by atoms with E-state index in [1.165, 1.54) is 0 Å². The van der Waals surface area contributed by atoms with E-state index in [0.717, 1.165) is 13.8 Å². The van der Waals surface area contributed by atoms with E-state index in [9.17, 15) is 24.9 Å². The van der Waals surface area contributed by atoms with E-state index in [1.54, 1.807) is 0 Å². The summed E-state index contributed by atoms with van der Waals surface area (Å²) < 4.78 is 4.68. The van der Waals surface area contributed by atoms with Crippen LogP contribution in [0.5, 0.6) is 0 Å². The largest absolute Gasteiger partial charge is 0.394 e. The first-order valence-corrected chi connectivity index (χ1v) is 4.65. The summed E-state index contributed by atoms with van der Waals surface area (Å²) in [6, 6.07) is 0. The van der Waals surface area contributed by atoms with Gasteiger partial charge in [-0.3, -0.25) is 9.59 Å². The molecule has 1 heterocycles. The smallest absolute Gasteiger partial charge is 0.266 e. The maximum atomic E-state index is 11.3. The van der Waals surface area contributed by atoms with Crippen molar-refractivity contribution in [1.82, 2.24) is 0 Å². The quantitative estimate of drug-likeness (QED) is 0.420. The average Bonchev–Trinajstić information content (AvgIpc) is 2.41. The van der Waals surface area contributed by atoms with E-state index < -0.39 is 41.8 Å². The second kappa shape index (κ2) is 3.86. The molecular weight excluding hydrogens is 220 g/mol. The highest BCUT2D eigenvalue weighted by Gasteiger charge is 2.70. The summed E-state index contributed by atoms with van der Waals surface area (Å²) in [4.78, 5) is 22.5. The van der Waals surface area contributed by atoms with Gasteiger partial charge in [-0.2, -0.15) is 0 Å². The molecule has 4 atom stereocenters. The number of hydrogen-bond acceptors (Lipinski definition) is 7. The van der Waals surface area contributed by atoms with Crippen molar-refractivity contribution in [1.29, 1.82) is 0 Å². The van der Waals surface area contributed by atoms with Crippen molar-refractivity contribution in [3.05, 3.63) is 0 Å². The highest BCUT2D eigenvalue weighted by molar-refractivity contribution is 5.97. The van der Waals surface area contributed by atoms with Crippen molar-refractivity contribution in [3.8, 4) is 0 Å². The molecule has 0 spiro atoms. The molecule has 1 fully saturated rings. The van der Waals surface area contributed by atoms with E-state index in [4.69, 9.17) is 5.11 Å². The predicted octanol–water partition coefficient (Wildman–Crippen LogP) is -2.66. The number of carbonyl (C=O) groups excluding carboxylic acids is 2.